The summed E-state index contributed by atoms with van der Waals surface area (Å²) < 4.78 is 11.9. The molecule has 6 nitrogen and oxygen atoms in total. The minimum absolute atomic E-state index is 0.292. The normalized spacial score (nSPS) is 10.5. The Kier molecular flexibility index (Phi) is 5.09. The van der Waals surface area contributed by atoms with Gasteiger partial charge in [0.05, 0.1) is 20.3 Å². The van der Waals surface area contributed by atoms with Gasteiger partial charge in [-0.3, -0.25) is 0 Å². The summed E-state index contributed by atoms with van der Waals surface area (Å²) in [5.41, 5.74) is 2.68. The van der Waals surface area contributed by atoms with Gasteiger partial charge in [0.2, 0.25) is 0 Å². The molecule has 0 amide bonds. The molecule has 0 saturated carbocycles. The van der Waals surface area contributed by atoms with Crippen LogP contribution in [0.1, 0.15) is 23.0 Å². The summed E-state index contributed by atoms with van der Waals surface area (Å²) >= 11 is 0. The van der Waals surface area contributed by atoms with Crippen LogP contribution in [0.4, 0.5) is 0 Å². The average molecular weight is 337 g/mol. The zero-order valence-corrected chi connectivity index (χ0v) is 14.2. The van der Waals surface area contributed by atoms with Gasteiger partial charge in [-0.25, -0.2) is 9.48 Å². The maximum atomic E-state index is 12.5. The third kappa shape index (κ3) is 3.68. The smallest absolute Gasteiger partial charge is 0.358 e. The van der Waals surface area contributed by atoms with E-state index >= 15 is 0 Å². The Bertz CT molecular complexity index is 842. The second-order valence-corrected chi connectivity index (χ2v) is 5.38. The van der Waals surface area contributed by atoms with Crippen molar-refractivity contribution in [3.8, 4) is 17.0 Å². The Labute approximate surface area is 146 Å². The number of esters is 1. The standard InChI is InChI=1S/C19H19N3O3/c1-3-25-19(23)18-17(15-7-5-4-6-8-15)20-21-22(18)13-14-9-11-16(24-2)12-10-14/h4-12H,3,13H2,1-2H3. The van der Waals surface area contributed by atoms with Crippen LogP contribution in [0.5, 0.6) is 5.75 Å². The number of nitrogens with zero attached hydrogens (tertiary/aromatic N) is 3. The molecule has 0 atom stereocenters. The fourth-order valence-corrected chi connectivity index (χ4v) is 2.52. The van der Waals surface area contributed by atoms with Gasteiger partial charge in [-0.05, 0) is 24.6 Å². The Morgan fingerprint density at radius 1 is 1.08 bits per heavy atom. The number of hydrogen-bond donors (Lipinski definition) is 0. The Morgan fingerprint density at radius 2 is 1.80 bits per heavy atom. The number of hydrogen-bond acceptors (Lipinski definition) is 5. The van der Waals surface area contributed by atoms with Gasteiger partial charge in [-0.1, -0.05) is 47.7 Å². The number of rotatable bonds is 6. The zero-order chi connectivity index (χ0) is 17.6. The molecular formula is C19H19N3O3. The summed E-state index contributed by atoms with van der Waals surface area (Å²) in [6.07, 6.45) is 0. The molecule has 128 valence electrons. The third-order valence-corrected chi connectivity index (χ3v) is 3.74. The third-order valence-electron chi connectivity index (χ3n) is 3.74. The van der Waals surface area contributed by atoms with Crippen molar-refractivity contribution in [1.29, 1.82) is 0 Å². The van der Waals surface area contributed by atoms with Crippen molar-refractivity contribution >= 4 is 5.97 Å². The van der Waals surface area contributed by atoms with Crippen LogP contribution < -0.4 is 4.74 Å². The summed E-state index contributed by atoms with van der Waals surface area (Å²) in [4.78, 5) is 12.5. The predicted molar refractivity (Wildman–Crippen MR) is 93.5 cm³/mol. The molecule has 0 spiro atoms. The maximum Gasteiger partial charge on any atom is 0.358 e. The highest BCUT2D eigenvalue weighted by Crippen LogP contribution is 2.22. The molecule has 0 saturated heterocycles. The van der Waals surface area contributed by atoms with Gasteiger partial charge in [0.1, 0.15) is 11.4 Å². The molecule has 0 N–H and O–H groups in total. The van der Waals surface area contributed by atoms with Crippen LogP contribution in [0, 0.1) is 0 Å². The highest BCUT2D eigenvalue weighted by atomic mass is 16.5. The van der Waals surface area contributed by atoms with Crippen molar-refractivity contribution in [2.75, 3.05) is 13.7 Å². The van der Waals surface area contributed by atoms with Gasteiger partial charge in [0, 0.05) is 5.56 Å². The van der Waals surface area contributed by atoms with Gasteiger partial charge in [0.25, 0.3) is 0 Å². The molecule has 1 heterocycles. The highest BCUT2D eigenvalue weighted by Gasteiger charge is 2.22. The van der Waals surface area contributed by atoms with Gasteiger partial charge < -0.3 is 9.47 Å². The highest BCUT2D eigenvalue weighted by molar-refractivity contribution is 5.94. The van der Waals surface area contributed by atoms with E-state index in [0.717, 1.165) is 16.9 Å². The molecule has 0 fully saturated rings. The summed E-state index contributed by atoms with van der Waals surface area (Å²) in [6.45, 7) is 2.48. The van der Waals surface area contributed by atoms with Gasteiger partial charge >= 0.3 is 5.97 Å². The van der Waals surface area contributed by atoms with Gasteiger partial charge in [-0.15, -0.1) is 5.10 Å². The molecule has 0 aliphatic heterocycles. The maximum absolute atomic E-state index is 12.5. The Balaban J connectivity index is 1.98. The minimum Gasteiger partial charge on any atom is -0.497 e. The molecule has 25 heavy (non-hydrogen) atoms. The van der Waals surface area contributed by atoms with E-state index in [1.807, 2.05) is 54.6 Å². The van der Waals surface area contributed by atoms with E-state index in [1.54, 1.807) is 18.7 Å². The van der Waals surface area contributed by atoms with Crippen molar-refractivity contribution in [3.05, 3.63) is 65.9 Å². The van der Waals surface area contributed by atoms with Crippen molar-refractivity contribution in [2.45, 2.75) is 13.5 Å². The van der Waals surface area contributed by atoms with E-state index in [9.17, 15) is 4.79 Å². The molecule has 0 unspecified atom stereocenters. The van der Waals surface area contributed by atoms with E-state index < -0.39 is 5.97 Å². The first-order chi connectivity index (χ1) is 12.2. The summed E-state index contributed by atoms with van der Waals surface area (Å²) in [5.74, 6) is 0.345. The molecule has 0 bridgehead atoms. The minimum atomic E-state index is -0.431. The van der Waals surface area contributed by atoms with Crippen molar-refractivity contribution in [3.63, 3.8) is 0 Å². The van der Waals surface area contributed by atoms with Crippen LogP contribution in [0.15, 0.2) is 54.6 Å². The molecule has 0 radical (unpaired) electrons. The quantitative estimate of drug-likeness (QED) is 0.646. The Hall–Kier alpha value is -3.15. The Morgan fingerprint density at radius 3 is 2.44 bits per heavy atom. The molecule has 2 aromatic carbocycles. The van der Waals surface area contributed by atoms with Crippen molar-refractivity contribution in [1.82, 2.24) is 15.0 Å². The lowest BCUT2D eigenvalue weighted by Gasteiger charge is -2.08. The van der Waals surface area contributed by atoms with Crippen molar-refractivity contribution < 1.29 is 14.3 Å². The van der Waals surface area contributed by atoms with Crippen LogP contribution in [-0.4, -0.2) is 34.7 Å². The molecule has 0 aliphatic rings. The van der Waals surface area contributed by atoms with Crippen molar-refractivity contribution in [2.24, 2.45) is 0 Å². The lowest BCUT2D eigenvalue weighted by atomic mass is 10.1. The number of carbonyl (C=O) groups is 1. The number of ether oxygens (including phenoxy) is 2. The first kappa shape index (κ1) is 16.7. The first-order valence-electron chi connectivity index (χ1n) is 8.02. The summed E-state index contributed by atoms with van der Waals surface area (Å²) in [6, 6.07) is 17.1. The lowest BCUT2D eigenvalue weighted by Crippen LogP contribution is -2.15. The number of carbonyl (C=O) groups excluding carboxylic acids is 1. The van der Waals surface area contributed by atoms with E-state index in [2.05, 4.69) is 10.3 Å². The number of aromatic nitrogens is 3. The summed E-state index contributed by atoms with van der Waals surface area (Å²) in [7, 11) is 1.62. The topological polar surface area (TPSA) is 66.2 Å². The monoisotopic (exact) mass is 337 g/mol. The van der Waals surface area contributed by atoms with Gasteiger partial charge in [-0.2, -0.15) is 0 Å². The largest absolute Gasteiger partial charge is 0.497 e. The number of benzene rings is 2. The molecule has 3 rings (SSSR count). The summed E-state index contributed by atoms with van der Waals surface area (Å²) in [5, 5.41) is 8.38. The van der Waals surface area contributed by atoms with E-state index in [-0.39, 0.29) is 0 Å². The molecule has 0 aliphatic carbocycles. The zero-order valence-electron chi connectivity index (χ0n) is 14.2. The van der Waals surface area contributed by atoms with E-state index in [1.165, 1.54) is 0 Å². The second kappa shape index (κ2) is 7.61. The van der Waals surface area contributed by atoms with E-state index in [4.69, 9.17) is 9.47 Å². The molecular weight excluding hydrogens is 318 g/mol. The van der Waals surface area contributed by atoms with E-state index in [0.29, 0.717) is 24.5 Å². The fraction of sp³-hybridized carbons (Fsp3) is 0.211. The van der Waals surface area contributed by atoms with Crippen LogP contribution in [0.25, 0.3) is 11.3 Å². The van der Waals surface area contributed by atoms with Crippen LogP contribution in [-0.2, 0) is 11.3 Å². The van der Waals surface area contributed by atoms with Crippen LogP contribution in [0.3, 0.4) is 0 Å². The second-order valence-electron chi connectivity index (χ2n) is 5.38. The SMILES string of the molecule is CCOC(=O)c1c(-c2ccccc2)nnn1Cc1ccc(OC)cc1. The number of methoxy groups -OCH3 is 1. The average Bonchev–Trinajstić information content (AvgIpc) is 3.07. The fourth-order valence-electron chi connectivity index (χ4n) is 2.52. The van der Waals surface area contributed by atoms with Crippen LogP contribution in [0.2, 0.25) is 0 Å². The predicted octanol–water partition coefficient (Wildman–Crippen LogP) is 3.18. The van der Waals surface area contributed by atoms with Crippen LogP contribution >= 0.6 is 0 Å². The van der Waals surface area contributed by atoms with Gasteiger partial charge in [0.15, 0.2) is 5.69 Å². The molecule has 6 heteroatoms. The molecule has 3 aromatic rings. The first-order valence-corrected chi connectivity index (χ1v) is 8.02. The lowest BCUT2D eigenvalue weighted by molar-refractivity contribution is 0.0513. The molecule has 1 aromatic heterocycles.